The predicted octanol–water partition coefficient (Wildman–Crippen LogP) is 3.01. The number of aliphatic imine (C=N–C) groups is 1. The van der Waals surface area contributed by atoms with Crippen LogP contribution in [0, 0.1) is 0 Å². The number of amidine groups is 1. The zero-order chi connectivity index (χ0) is 22.8. The molecule has 1 N–H and O–H groups in total. The summed E-state index contributed by atoms with van der Waals surface area (Å²) in [6, 6.07) is 6.61. The summed E-state index contributed by atoms with van der Waals surface area (Å²) in [5.41, 5.74) is 1.08. The van der Waals surface area contributed by atoms with Crippen molar-refractivity contribution >= 4 is 42.4 Å². The molecule has 165 valence electrons. The van der Waals surface area contributed by atoms with Crippen LogP contribution in [-0.2, 0) is 9.59 Å². The van der Waals surface area contributed by atoms with E-state index in [1.807, 2.05) is 28.0 Å². The third kappa shape index (κ3) is 7.54. The topological polar surface area (TPSA) is 82.1 Å². The van der Waals surface area contributed by atoms with E-state index in [0.717, 1.165) is 0 Å². The molecule has 1 radical (unpaired) electrons. The fraction of sp³-hybridized carbons (Fsp3) is 0.455. The summed E-state index contributed by atoms with van der Waals surface area (Å²) in [5, 5.41) is 3.37. The Hall–Kier alpha value is -2.61. The Bertz CT molecular complexity index is 847. The van der Waals surface area contributed by atoms with Crippen molar-refractivity contribution in [2.75, 3.05) is 26.2 Å². The molecule has 3 amide bonds. The van der Waals surface area contributed by atoms with Crippen molar-refractivity contribution in [1.82, 2.24) is 15.1 Å². The van der Waals surface area contributed by atoms with Gasteiger partial charge in [0, 0.05) is 48.9 Å². The minimum atomic E-state index is -0.274. The predicted molar refractivity (Wildman–Crippen MR) is 125 cm³/mol. The second-order valence-electron chi connectivity index (χ2n) is 7.20. The lowest BCUT2D eigenvalue weighted by Crippen LogP contribution is -2.50. The lowest BCUT2D eigenvalue weighted by atomic mass is 9.77. The van der Waals surface area contributed by atoms with E-state index in [2.05, 4.69) is 10.3 Å². The molecule has 0 unspecified atom stereocenters. The molecule has 31 heavy (non-hydrogen) atoms. The lowest BCUT2D eigenvalue weighted by Gasteiger charge is -2.35. The summed E-state index contributed by atoms with van der Waals surface area (Å²) in [4.78, 5) is 45.2. The number of carbonyl (C=O) groups is 3. The third-order valence-electron chi connectivity index (χ3n) is 5.01. The molecule has 0 spiro atoms. The first-order chi connectivity index (χ1) is 14.9. The number of hydrogen-bond donors (Lipinski definition) is 1. The van der Waals surface area contributed by atoms with Crippen LogP contribution in [0.15, 0.2) is 41.0 Å². The number of piperazine rings is 1. The highest BCUT2D eigenvalue weighted by Crippen LogP contribution is 2.12. The van der Waals surface area contributed by atoms with Crippen molar-refractivity contribution < 1.29 is 14.4 Å². The molecule has 1 heterocycles. The van der Waals surface area contributed by atoms with Crippen molar-refractivity contribution in [3.05, 3.63) is 46.6 Å². The first-order valence-electron chi connectivity index (χ1n) is 10.5. The van der Waals surface area contributed by atoms with Crippen molar-refractivity contribution in [2.24, 2.45) is 4.99 Å². The third-order valence-corrected chi connectivity index (χ3v) is 5.26. The van der Waals surface area contributed by atoms with Crippen molar-refractivity contribution in [3.8, 4) is 0 Å². The number of carbonyl (C=O) groups excluding carboxylic acids is 3. The van der Waals surface area contributed by atoms with E-state index in [9.17, 15) is 14.4 Å². The number of halogens is 1. The average molecular weight is 444 g/mol. The lowest BCUT2D eigenvalue weighted by molar-refractivity contribution is -0.137. The number of hydrogen-bond acceptors (Lipinski definition) is 4. The molecular weight excluding hydrogens is 415 g/mol. The second kappa shape index (κ2) is 12.3. The first kappa shape index (κ1) is 24.7. The van der Waals surface area contributed by atoms with Gasteiger partial charge in [0.05, 0.1) is 6.42 Å². The number of amides is 3. The smallest absolute Gasteiger partial charge is 0.256 e. The van der Waals surface area contributed by atoms with Gasteiger partial charge in [-0.15, -0.1) is 0 Å². The highest BCUT2D eigenvalue weighted by molar-refractivity contribution is 6.39. The largest absolute Gasteiger partial charge is 0.340 e. The summed E-state index contributed by atoms with van der Waals surface area (Å²) in [6.07, 6.45) is 2.86. The zero-order valence-electron chi connectivity index (χ0n) is 18.4. The molecule has 0 atom stereocenters. The maximum atomic E-state index is 12.7. The van der Waals surface area contributed by atoms with E-state index < -0.39 is 0 Å². The van der Waals surface area contributed by atoms with Gasteiger partial charge in [-0.25, -0.2) is 4.99 Å². The summed E-state index contributed by atoms with van der Waals surface area (Å²) in [7, 11) is 1.84. The van der Waals surface area contributed by atoms with Gasteiger partial charge < -0.3 is 15.1 Å². The monoisotopic (exact) mass is 443 g/mol. The van der Waals surface area contributed by atoms with Crippen LogP contribution >= 0.6 is 11.6 Å². The van der Waals surface area contributed by atoms with E-state index >= 15 is 0 Å². The molecule has 1 aliphatic heterocycles. The van der Waals surface area contributed by atoms with E-state index in [0.29, 0.717) is 61.0 Å². The molecule has 0 aliphatic carbocycles. The molecule has 1 saturated heterocycles. The fourth-order valence-corrected chi connectivity index (χ4v) is 3.28. The van der Waals surface area contributed by atoms with Crippen LogP contribution in [0.25, 0.3) is 0 Å². The van der Waals surface area contributed by atoms with Gasteiger partial charge in [0.2, 0.25) is 11.8 Å². The van der Waals surface area contributed by atoms with Crippen LogP contribution in [0.1, 0.15) is 37.0 Å². The number of benzene rings is 1. The van der Waals surface area contributed by atoms with Crippen LogP contribution in [0.5, 0.6) is 0 Å². The van der Waals surface area contributed by atoms with Crippen molar-refractivity contribution in [2.45, 2.75) is 39.8 Å². The first-order valence-corrected chi connectivity index (χ1v) is 10.9. The van der Waals surface area contributed by atoms with Crippen LogP contribution in [0.3, 0.4) is 0 Å². The highest BCUT2D eigenvalue weighted by atomic mass is 35.5. The molecule has 2 rings (SSSR count). The normalized spacial score (nSPS) is 15.0. The highest BCUT2D eigenvalue weighted by Gasteiger charge is 2.24. The molecule has 0 saturated carbocycles. The minimum Gasteiger partial charge on any atom is -0.340 e. The van der Waals surface area contributed by atoms with E-state index in [4.69, 9.17) is 11.6 Å². The van der Waals surface area contributed by atoms with Crippen LogP contribution in [0.2, 0.25) is 18.2 Å². The summed E-state index contributed by atoms with van der Waals surface area (Å²) in [6.45, 7) is 7.69. The Morgan fingerprint density at radius 3 is 2.19 bits per heavy atom. The maximum absolute atomic E-state index is 12.7. The van der Waals surface area contributed by atoms with Gasteiger partial charge in [-0.2, -0.15) is 0 Å². The number of nitrogens with one attached hydrogen (secondary N) is 1. The number of allylic oxidation sites excluding steroid dienone is 1. The van der Waals surface area contributed by atoms with E-state index in [1.165, 1.54) is 0 Å². The SMILES string of the molecule is C[B]CC(=O)N1CCN(C(=O)C/C(=C/C)N=C(CC)NC(=O)c2ccc(Cl)cc2)CC1. The summed E-state index contributed by atoms with van der Waals surface area (Å²) >= 11 is 5.87. The van der Waals surface area contributed by atoms with E-state index in [1.54, 1.807) is 40.1 Å². The van der Waals surface area contributed by atoms with Gasteiger partial charge in [0.15, 0.2) is 0 Å². The van der Waals surface area contributed by atoms with Gasteiger partial charge in [0.1, 0.15) is 13.1 Å². The maximum Gasteiger partial charge on any atom is 0.256 e. The van der Waals surface area contributed by atoms with E-state index in [-0.39, 0.29) is 24.1 Å². The Morgan fingerprint density at radius 1 is 1.10 bits per heavy atom. The van der Waals surface area contributed by atoms with Crippen LogP contribution in [-0.4, -0.2) is 66.8 Å². The Kier molecular flexibility index (Phi) is 9.78. The average Bonchev–Trinajstić information content (AvgIpc) is 2.78. The van der Waals surface area contributed by atoms with Gasteiger partial charge in [-0.1, -0.05) is 31.4 Å². The molecule has 9 heteroatoms. The second-order valence-corrected chi connectivity index (χ2v) is 7.64. The Morgan fingerprint density at radius 2 is 1.68 bits per heavy atom. The Labute approximate surface area is 189 Å². The van der Waals surface area contributed by atoms with Crippen molar-refractivity contribution in [3.63, 3.8) is 0 Å². The summed E-state index contributed by atoms with van der Waals surface area (Å²) < 4.78 is 0. The fourth-order valence-electron chi connectivity index (χ4n) is 3.16. The molecular formula is C22H29BClN4O3. The van der Waals surface area contributed by atoms with Gasteiger partial charge >= 0.3 is 0 Å². The Balaban J connectivity index is 1.94. The van der Waals surface area contributed by atoms with Gasteiger partial charge in [0.25, 0.3) is 5.91 Å². The number of rotatable bonds is 7. The van der Waals surface area contributed by atoms with Crippen LogP contribution in [0.4, 0.5) is 0 Å². The molecule has 1 aliphatic rings. The van der Waals surface area contributed by atoms with Gasteiger partial charge in [-0.05, 0) is 37.5 Å². The molecule has 1 fully saturated rings. The van der Waals surface area contributed by atoms with Crippen LogP contribution < -0.4 is 5.32 Å². The molecule has 1 aromatic carbocycles. The molecule has 0 bridgehead atoms. The molecule has 0 aromatic heterocycles. The summed E-state index contributed by atoms with van der Waals surface area (Å²) in [5.74, 6) is 0.277. The quantitative estimate of drug-likeness (QED) is 0.399. The standard InChI is InChI=1S/C22H29BClN4O3/c1-4-18(14-20(29)27-10-12-28(13-11-27)21(30)15-23-3)25-19(5-2)26-22(31)16-6-8-17(24)9-7-16/h4,6-9H,5,10-15H2,1-3H3,(H,25,26,31)/b18-4-. The molecule has 7 nitrogen and oxygen atoms in total. The van der Waals surface area contributed by atoms with Crippen molar-refractivity contribution in [1.29, 1.82) is 0 Å². The zero-order valence-corrected chi connectivity index (χ0v) is 19.1. The number of nitrogens with zero attached hydrogens (tertiary/aromatic N) is 3. The minimum absolute atomic E-state index is 0.0366. The van der Waals surface area contributed by atoms with Gasteiger partial charge in [-0.3, -0.25) is 14.4 Å². The molecule has 1 aromatic rings.